The summed E-state index contributed by atoms with van der Waals surface area (Å²) in [6.07, 6.45) is 1.20. The molecular weight excluding hydrogens is 442 g/mol. The number of piperazine rings is 1. The van der Waals surface area contributed by atoms with Gasteiger partial charge in [0.2, 0.25) is 5.78 Å². The van der Waals surface area contributed by atoms with Crippen LogP contribution >= 0.6 is 0 Å². The third kappa shape index (κ3) is 4.58. The highest BCUT2D eigenvalue weighted by molar-refractivity contribution is 6.15. The van der Waals surface area contributed by atoms with Crippen LogP contribution in [0.3, 0.4) is 0 Å². The molecule has 1 saturated heterocycles. The number of phenolic OH excluding ortho intramolecular Hbond substituents is 1. The fourth-order valence-electron chi connectivity index (χ4n) is 4.10. The second-order valence-electron chi connectivity index (χ2n) is 8.15. The lowest BCUT2D eigenvalue weighted by Gasteiger charge is -2.34. The van der Waals surface area contributed by atoms with Crippen molar-refractivity contribution in [1.82, 2.24) is 9.80 Å². The predicted octanol–water partition coefficient (Wildman–Crippen LogP) is 3.50. The van der Waals surface area contributed by atoms with Gasteiger partial charge in [0.05, 0.1) is 22.7 Å². The quantitative estimate of drug-likeness (QED) is 0.403. The molecule has 178 valence electrons. The number of amides is 1. The first-order valence-electron chi connectivity index (χ1n) is 11.0. The lowest BCUT2D eigenvalue weighted by molar-refractivity contribution is -0.384. The first-order valence-corrected chi connectivity index (χ1v) is 11.0. The highest BCUT2D eigenvalue weighted by Gasteiger charge is 2.34. The summed E-state index contributed by atoms with van der Waals surface area (Å²) in [6.45, 7) is 6.34. The molecule has 0 bridgehead atoms. The Morgan fingerprint density at radius 3 is 2.53 bits per heavy atom. The van der Waals surface area contributed by atoms with Crippen molar-refractivity contribution in [3.05, 3.63) is 68.5 Å². The van der Waals surface area contributed by atoms with Crippen LogP contribution in [-0.2, 0) is 11.3 Å². The minimum Gasteiger partial charge on any atom is -0.507 e. The number of phenols is 1. The van der Waals surface area contributed by atoms with E-state index >= 15 is 0 Å². The number of aromatic hydroxyl groups is 1. The first kappa shape index (κ1) is 23.2. The fraction of sp³-hybridized carbons (Fsp3) is 0.333. The zero-order valence-corrected chi connectivity index (χ0v) is 18.9. The molecule has 0 aliphatic carbocycles. The van der Waals surface area contributed by atoms with Gasteiger partial charge in [-0.1, -0.05) is 0 Å². The number of aryl methyl sites for hydroxylation is 1. The van der Waals surface area contributed by atoms with Gasteiger partial charge >= 0.3 is 6.09 Å². The number of hydrogen-bond acceptors (Lipinski definition) is 8. The van der Waals surface area contributed by atoms with Crippen LogP contribution < -0.4 is 4.74 Å². The maximum Gasteiger partial charge on any atom is 0.409 e. The molecule has 2 heterocycles. The molecule has 0 unspecified atom stereocenters. The van der Waals surface area contributed by atoms with E-state index in [1.54, 1.807) is 36.9 Å². The molecule has 0 aromatic heterocycles. The van der Waals surface area contributed by atoms with Crippen molar-refractivity contribution in [3.63, 3.8) is 0 Å². The molecule has 1 N–H and O–H groups in total. The van der Waals surface area contributed by atoms with Crippen LogP contribution in [0.1, 0.15) is 34.0 Å². The maximum absolute atomic E-state index is 13.1. The molecule has 10 nitrogen and oxygen atoms in total. The Morgan fingerprint density at radius 1 is 1.24 bits per heavy atom. The average Bonchev–Trinajstić information content (AvgIpc) is 3.13. The molecular formula is C24H25N3O7. The van der Waals surface area contributed by atoms with Gasteiger partial charge in [-0.15, -0.1) is 0 Å². The topological polar surface area (TPSA) is 122 Å². The number of carbonyl (C=O) groups excluding carboxylic acids is 2. The number of Topliss-reactive ketones (excluding diaryl/α,β-unsaturated/α-hetero) is 1. The van der Waals surface area contributed by atoms with Crippen molar-refractivity contribution >= 4 is 23.6 Å². The molecule has 0 spiro atoms. The van der Waals surface area contributed by atoms with Gasteiger partial charge in [-0.2, -0.15) is 0 Å². The Morgan fingerprint density at radius 2 is 1.91 bits per heavy atom. The third-order valence-corrected chi connectivity index (χ3v) is 5.90. The lowest BCUT2D eigenvalue weighted by atomic mass is 9.99. The Kier molecular flexibility index (Phi) is 6.51. The van der Waals surface area contributed by atoms with Crippen LogP contribution in [0.25, 0.3) is 6.08 Å². The molecule has 2 aromatic carbocycles. The van der Waals surface area contributed by atoms with Gasteiger partial charge in [0, 0.05) is 44.9 Å². The van der Waals surface area contributed by atoms with E-state index in [0.29, 0.717) is 67.3 Å². The Bertz CT molecular complexity index is 1170. The largest absolute Gasteiger partial charge is 0.507 e. The third-order valence-electron chi connectivity index (χ3n) is 5.90. The van der Waals surface area contributed by atoms with Gasteiger partial charge in [0.25, 0.3) is 5.69 Å². The van der Waals surface area contributed by atoms with Crippen LogP contribution in [0.4, 0.5) is 10.5 Å². The molecule has 1 amide bonds. The van der Waals surface area contributed by atoms with Crippen LogP contribution in [0.15, 0.2) is 36.1 Å². The number of rotatable bonds is 5. The van der Waals surface area contributed by atoms with Gasteiger partial charge in [-0.25, -0.2) is 4.79 Å². The lowest BCUT2D eigenvalue weighted by Crippen LogP contribution is -2.48. The van der Waals surface area contributed by atoms with Gasteiger partial charge in [0.15, 0.2) is 5.76 Å². The van der Waals surface area contributed by atoms with E-state index < -0.39 is 4.92 Å². The number of carbonyl (C=O) groups is 2. The van der Waals surface area contributed by atoms with E-state index in [1.807, 2.05) is 0 Å². The van der Waals surface area contributed by atoms with E-state index in [9.17, 15) is 24.8 Å². The van der Waals surface area contributed by atoms with E-state index in [-0.39, 0.29) is 29.1 Å². The Hall–Kier alpha value is -3.92. The number of nitrogens with zero attached hydrogens (tertiary/aromatic N) is 3. The molecule has 0 radical (unpaired) electrons. The summed E-state index contributed by atoms with van der Waals surface area (Å²) in [4.78, 5) is 39.1. The maximum atomic E-state index is 13.1. The average molecular weight is 467 g/mol. The summed E-state index contributed by atoms with van der Waals surface area (Å²) >= 11 is 0. The highest BCUT2D eigenvalue weighted by Crippen LogP contribution is 2.42. The van der Waals surface area contributed by atoms with Crippen molar-refractivity contribution in [3.8, 4) is 11.5 Å². The molecule has 0 atom stereocenters. The number of nitro benzene ring substituents is 1. The standard InChI is InChI=1S/C24H25N3O7/c1-3-33-24(30)26-10-8-25(9-11-26)14-18-19(28)12-15(2)21-22(29)20(34-23(18)21)13-16-4-6-17(7-5-16)27(31)32/h4-7,12-13,28H,3,8-11,14H2,1-2H3/b20-13-. The molecule has 10 heteroatoms. The minimum atomic E-state index is -0.491. The van der Waals surface area contributed by atoms with Crippen molar-refractivity contribution in [2.75, 3.05) is 32.8 Å². The number of nitro groups is 1. The van der Waals surface area contributed by atoms with E-state index in [2.05, 4.69) is 4.90 Å². The molecule has 2 aliphatic heterocycles. The number of hydrogen-bond donors (Lipinski definition) is 1. The molecule has 2 aromatic rings. The summed E-state index contributed by atoms with van der Waals surface area (Å²) in [6, 6.07) is 7.35. The number of benzene rings is 2. The van der Waals surface area contributed by atoms with Crippen molar-refractivity contribution in [2.24, 2.45) is 0 Å². The zero-order valence-electron chi connectivity index (χ0n) is 18.9. The normalized spacial score (nSPS) is 16.9. The second kappa shape index (κ2) is 9.52. The fourth-order valence-corrected chi connectivity index (χ4v) is 4.10. The van der Waals surface area contributed by atoms with Crippen molar-refractivity contribution in [1.29, 1.82) is 0 Å². The van der Waals surface area contributed by atoms with Gasteiger partial charge in [-0.05, 0) is 49.2 Å². The molecule has 4 rings (SSSR count). The molecule has 0 saturated carbocycles. The number of fused-ring (bicyclic) bond motifs is 1. The summed E-state index contributed by atoms with van der Waals surface area (Å²) in [5, 5.41) is 21.5. The molecule has 1 fully saturated rings. The summed E-state index contributed by atoms with van der Waals surface area (Å²) in [5.41, 5.74) is 2.03. The van der Waals surface area contributed by atoms with Crippen LogP contribution in [0.2, 0.25) is 0 Å². The van der Waals surface area contributed by atoms with E-state index in [4.69, 9.17) is 9.47 Å². The second-order valence-corrected chi connectivity index (χ2v) is 8.15. The predicted molar refractivity (Wildman–Crippen MR) is 123 cm³/mol. The monoisotopic (exact) mass is 467 g/mol. The number of non-ortho nitro benzene ring substituents is 1. The van der Waals surface area contributed by atoms with Crippen LogP contribution in [-0.4, -0.2) is 64.5 Å². The zero-order chi connectivity index (χ0) is 24.4. The first-order chi connectivity index (χ1) is 16.3. The Labute approximate surface area is 196 Å². The number of ketones is 1. The van der Waals surface area contributed by atoms with Crippen molar-refractivity contribution in [2.45, 2.75) is 20.4 Å². The highest BCUT2D eigenvalue weighted by atomic mass is 16.6. The smallest absolute Gasteiger partial charge is 0.409 e. The van der Waals surface area contributed by atoms with E-state index in [1.165, 1.54) is 18.2 Å². The van der Waals surface area contributed by atoms with Gasteiger partial charge in [0.1, 0.15) is 11.5 Å². The number of ether oxygens (including phenoxy) is 2. The van der Waals surface area contributed by atoms with Crippen LogP contribution in [0.5, 0.6) is 11.5 Å². The minimum absolute atomic E-state index is 0.0356. The summed E-state index contributed by atoms with van der Waals surface area (Å²) in [7, 11) is 0. The van der Waals surface area contributed by atoms with Gasteiger partial charge < -0.3 is 19.5 Å². The molecule has 2 aliphatic rings. The molecule has 34 heavy (non-hydrogen) atoms. The van der Waals surface area contributed by atoms with Gasteiger partial charge in [-0.3, -0.25) is 19.8 Å². The summed E-state index contributed by atoms with van der Waals surface area (Å²) in [5.74, 6) is 0.141. The Balaban J connectivity index is 1.54. The SMILES string of the molecule is CCOC(=O)N1CCN(Cc2c(O)cc(C)c3c2O/C(=C\c2ccc([N+](=O)[O-])cc2)C3=O)CC1. The summed E-state index contributed by atoms with van der Waals surface area (Å²) < 4.78 is 11.0. The van der Waals surface area contributed by atoms with Crippen molar-refractivity contribution < 1.29 is 29.1 Å². The van der Waals surface area contributed by atoms with E-state index in [0.717, 1.165) is 0 Å². The van der Waals surface area contributed by atoms with Crippen LogP contribution in [0, 0.1) is 17.0 Å². The number of allylic oxidation sites excluding steroid dienone is 1.